The summed E-state index contributed by atoms with van der Waals surface area (Å²) in [5, 5.41) is 21.0. The van der Waals surface area contributed by atoms with Crippen LogP contribution in [-0.2, 0) is 25.7 Å². The van der Waals surface area contributed by atoms with E-state index in [9.17, 15) is 14.7 Å². The van der Waals surface area contributed by atoms with Crippen LogP contribution in [0.4, 0.5) is 5.69 Å². The zero-order valence-electron chi connectivity index (χ0n) is 25.1. The van der Waals surface area contributed by atoms with E-state index >= 15 is 0 Å². The zero-order chi connectivity index (χ0) is 30.4. The van der Waals surface area contributed by atoms with Gasteiger partial charge in [0.05, 0.1) is 18.8 Å². The first-order chi connectivity index (χ1) is 21.0. The summed E-state index contributed by atoms with van der Waals surface area (Å²) in [6.07, 6.45) is 10.7. The molecule has 2 fully saturated rings. The lowest BCUT2D eigenvalue weighted by atomic mass is 9.99. The monoisotopic (exact) mass is 593 g/mol. The second-order valence-corrected chi connectivity index (χ2v) is 11.7. The maximum Gasteiger partial charge on any atom is 0.243 e. The third-order valence-electron chi connectivity index (χ3n) is 8.41. The lowest BCUT2D eigenvalue weighted by Gasteiger charge is -2.39. The standard InChI is InChI=1S/C34H47N3O6/c1-2-21-37(29-9-7-8-10-29)23-30-22-31(26-15-13-25(24-38)14-16-26)43-34(42-30)27-17-19-28(20-18-27)35-32(39)11-5-3-4-6-12-33(40)36-41/h2,13-20,29-31,34,38,41H,1,3-12,21-24H2,(H,35,39)(H,36,40)/t30-,31+,34+/m1/s1. The zero-order valence-corrected chi connectivity index (χ0v) is 25.1. The van der Waals surface area contributed by atoms with E-state index in [4.69, 9.17) is 14.7 Å². The number of hydroxylamine groups is 1. The van der Waals surface area contributed by atoms with Gasteiger partial charge in [-0.1, -0.05) is 68.2 Å². The average molecular weight is 594 g/mol. The molecule has 1 saturated carbocycles. The van der Waals surface area contributed by atoms with Gasteiger partial charge in [-0.2, -0.15) is 0 Å². The van der Waals surface area contributed by atoms with Crippen LogP contribution in [0.15, 0.2) is 61.2 Å². The number of unbranched alkanes of at least 4 members (excludes halogenated alkanes) is 3. The first-order valence-corrected chi connectivity index (χ1v) is 15.7. The minimum atomic E-state index is -0.548. The van der Waals surface area contributed by atoms with Gasteiger partial charge in [0, 0.05) is 49.6 Å². The number of anilines is 1. The number of benzene rings is 2. The van der Waals surface area contributed by atoms with Crippen LogP contribution < -0.4 is 10.8 Å². The molecule has 2 amide bonds. The highest BCUT2D eigenvalue weighted by Gasteiger charge is 2.34. The van der Waals surface area contributed by atoms with E-state index in [1.165, 1.54) is 25.7 Å². The molecule has 2 aliphatic rings. The van der Waals surface area contributed by atoms with Crippen molar-refractivity contribution in [1.29, 1.82) is 0 Å². The molecule has 2 aromatic rings. The Morgan fingerprint density at radius 3 is 2.19 bits per heavy atom. The maximum atomic E-state index is 12.5. The van der Waals surface area contributed by atoms with Crippen LogP contribution in [0.1, 0.15) is 99.7 Å². The van der Waals surface area contributed by atoms with Crippen LogP contribution in [0.5, 0.6) is 0 Å². The fraction of sp³-hybridized carbons (Fsp3) is 0.529. The van der Waals surface area contributed by atoms with E-state index in [0.717, 1.165) is 61.2 Å². The number of aliphatic hydroxyl groups is 1. The van der Waals surface area contributed by atoms with E-state index in [0.29, 0.717) is 18.9 Å². The van der Waals surface area contributed by atoms with Gasteiger partial charge in [0.15, 0.2) is 6.29 Å². The molecule has 0 aromatic heterocycles. The summed E-state index contributed by atoms with van der Waals surface area (Å²) in [6, 6.07) is 16.1. The number of nitrogens with one attached hydrogen (secondary N) is 2. The molecule has 234 valence electrons. The van der Waals surface area contributed by atoms with Crippen LogP contribution in [0.25, 0.3) is 0 Å². The molecule has 4 rings (SSSR count). The third-order valence-corrected chi connectivity index (χ3v) is 8.41. The molecular weight excluding hydrogens is 546 g/mol. The van der Waals surface area contributed by atoms with Gasteiger partial charge in [0.1, 0.15) is 0 Å². The molecule has 0 unspecified atom stereocenters. The summed E-state index contributed by atoms with van der Waals surface area (Å²) in [5.41, 5.74) is 5.17. The molecule has 0 radical (unpaired) electrons. The second kappa shape index (κ2) is 17.3. The maximum absolute atomic E-state index is 12.5. The van der Waals surface area contributed by atoms with Crippen LogP contribution in [0.3, 0.4) is 0 Å². The first-order valence-electron chi connectivity index (χ1n) is 15.7. The van der Waals surface area contributed by atoms with Crippen molar-refractivity contribution in [2.45, 2.75) is 102 Å². The number of ether oxygens (including phenoxy) is 2. The molecule has 3 atom stereocenters. The second-order valence-electron chi connectivity index (χ2n) is 11.7. The van der Waals surface area contributed by atoms with Crippen LogP contribution in [0, 0.1) is 0 Å². The van der Waals surface area contributed by atoms with Crippen molar-refractivity contribution in [2.75, 3.05) is 18.4 Å². The Hall–Kier alpha value is -3.08. The van der Waals surface area contributed by atoms with E-state index < -0.39 is 6.29 Å². The summed E-state index contributed by atoms with van der Waals surface area (Å²) in [4.78, 5) is 26.0. The van der Waals surface area contributed by atoms with Crippen molar-refractivity contribution in [1.82, 2.24) is 10.4 Å². The number of aliphatic hydroxyl groups excluding tert-OH is 1. The van der Waals surface area contributed by atoms with Gasteiger partial charge in [-0.15, -0.1) is 6.58 Å². The van der Waals surface area contributed by atoms with Crippen molar-refractivity contribution >= 4 is 17.5 Å². The van der Waals surface area contributed by atoms with Crippen LogP contribution in [0.2, 0.25) is 0 Å². The molecule has 1 aliphatic heterocycles. The van der Waals surface area contributed by atoms with Gasteiger partial charge in [0.25, 0.3) is 0 Å². The van der Waals surface area contributed by atoms with Gasteiger partial charge in [-0.05, 0) is 48.9 Å². The molecule has 1 heterocycles. The van der Waals surface area contributed by atoms with Crippen molar-refractivity contribution in [3.63, 3.8) is 0 Å². The Kier molecular flexibility index (Phi) is 13.2. The SMILES string of the molecule is C=CCN(C[C@H]1C[C@@H](c2ccc(CO)cc2)O[C@@H](c2ccc(NC(=O)CCCCCCC(=O)NO)cc2)O1)C1CCCC1. The lowest BCUT2D eigenvalue weighted by Crippen LogP contribution is -2.43. The fourth-order valence-electron chi connectivity index (χ4n) is 6.03. The topological polar surface area (TPSA) is 120 Å². The predicted octanol–water partition coefficient (Wildman–Crippen LogP) is 5.94. The average Bonchev–Trinajstić information content (AvgIpc) is 3.58. The van der Waals surface area contributed by atoms with Crippen molar-refractivity contribution in [2.24, 2.45) is 0 Å². The number of rotatable bonds is 16. The Bertz CT molecular complexity index is 1150. The molecule has 9 nitrogen and oxygen atoms in total. The van der Waals surface area contributed by atoms with Gasteiger partial charge in [-0.25, -0.2) is 5.48 Å². The summed E-state index contributed by atoms with van der Waals surface area (Å²) >= 11 is 0. The highest BCUT2D eigenvalue weighted by atomic mass is 16.7. The molecule has 2 aromatic carbocycles. The number of hydrogen-bond donors (Lipinski definition) is 4. The first kappa shape index (κ1) is 32.8. The smallest absolute Gasteiger partial charge is 0.243 e. The highest BCUT2D eigenvalue weighted by molar-refractivity contribution is 5.90. The van der Waals surface area contributed by atoms with Crippen LogP contribution >= 0.6 is 0 Å². The molecule has 43 heavy (non-hydrogen) atoms. The number of carbonyl (C=O) groups excluding carboxylic acids is 2. The molecule has 9 heteroatoms. The summed E-state index contributed by atoms with van der Waals surface area (Å²) < 4.78 is 13.1. The normalized spacial score (nSPS) is 20.7. The van der Waals surface area contributed by atoms with E-state index in [1.807, 2.05) is 54.6 Å². The highest BCUT2D eigenvalue weighted by Crippen LogP contribution is 2.39. The summed E-state index contributed by atoms with van der Waals surface area (Å²) in [6.45, 7) is 5.64. The molecule has 4 N–H and O–H groups in total. The molecule has 0 bridgehead atoms. The summed E-state index contributed by atoms with van der Waals surface area (Å²) in [7, 11) is 0. The van der Waals surface area contributed by atoms with Crippen LogP contribution in [-0.4, -0.2) is 52.3 Å². The molecule has 1 saturated heterocycles. The fourth-order valence-corrected chi connectivity index (χ4v) is 6.03. The van der Waals surface area contributed by atoms with Gasteiger partial charge < -0.3 is 19.9 Å². The van der Waals surface area contributed by atoms with E-state index in [2.05, 4.69) is 16.8 Å². The third kappa shape index (κ3) is 10.3. The Morgan fingerprint density at radius 1 is 0.907 bits per heavy atom. The Morgan fingerprint density at radius 2 is 1.56 bits per heavy atom. The van der Waals surface area contributed by atoms with Gasteiger partial charge in [-0.3, -0.25) is 19.7 Å². The molecule has 1 aliphatic carbocycles. The number of hydrogen-bond acceptors (Lipinski definition) is 7. The number of amides is 2. The quantitative estimate of drug-likeness (QED) is 0.0823. The predicted molar refractivity (Wildman–Crippen MR) is 165 cm³/mol. The Labute approximate surface area is 255 Å². The molecular formula is C34H47N3O6. The lowest BCUT2D eigenvalue weighted by molar-refractivity contribution is -0.253. The van der Waals surface area contributed by atoms with Gasteiger partial charge >= 0.3 is 0 Å². The number of carbonyl (C=O) groups is 2. The van der Waals surface area contributed by atoms with E-state index in [1.54, 1.807) is 5.48 Å². The minimum Gasteiger partial charge on any atom is -0.392 e. The van der Waals surface area contributed by atoms with Gasteiger partial charge in [0.2, 0.25) is 11.8 Å². The Balaban J connectivity index is 1.36. The van der Waals surface area contributed by atoms with E-state index in [-0.39, 0.29) is 37.0 Å². The molecule has 0 spiro atoms. The van der Waals surface area contributed by atoms with Crippen molar-refractivity contribution in [3.05, 3.63) is 77.9 Å². The van der Waals surface area contributed by atoms with Crippen molar-refractivity contribution < 1.29 is 29.4 Å². The minimum absolute atomic E-state index is 0.00641. The number of nitrogens with zero attached hydrogens (tertiary/aromatic N) is 1. The van der Waals surface area contributed by atoms with Crippen molar-refractivity contribution in [3.8, 4) is 0 Å². The largest absolute Gasteiger partial charge is 0.392 e. The summed E-state index contributed by atoms with van der Waals surface area (Å²) in [5.74, 6) is -0.432.